The molecule has 0 radical (unpaired) electrons. The van der Waals surface area contributed by atoms with Crippen LogP contribution in [0.1, 0.15) is 12.7 Å². The number of aliphatic hydroxyl groups excluding tert-OH is 1. The number of methoxy groups -OCH3 is 1. The molecule has 0 fully saturated rings. The molecule has 90 valence electrons. The molecule has 0 aliphatic rings. The molecule has 0 amide bonds. The lowest BCUT2D eigenvalue weighted by molar-refractivity contribution is 0.178. The van der Waals surface area contributed by atoms with Crippen LogP contribution in [-0.4, -0.2) is 41.9 Å². The summed E-state index contributed by atoms with van der Waals surface area (Å²) in [6.07, 6.45) is -0.418. The number of hydrogen-bond donors (Lipinski definition) is 3. The summed E-state index contributed by atoms with van der Waals surface area (Å²) < 4.78 is 4.98. The van der Waals surface area contributed by atoms with Crippen LogP contribution in [0.5, 0.6) is 0 Å². The van der Waals surface area contributed by atoms with E-state index >= 15 is 0 Å². The average Bonchev–Trinajstić information content (AvgIpc) is 2.26. The lowest BCUT2D eigenvalue weighted by Crippen LogP contribution is -2.17. The van der Waals surface area contributed by atoms with Gasteiger partial charge in [0.05, 0.1) is 6.10 Å². The molecular formula is C10H18N4O2. The maximum atomic E-state index is 9.17. The second-order valence-electron chi connectivity index (χ2n) is 3.47. The first-order valence-electron chi connectivity index (χ1n) is 5.12. The Balaban J connectivity index is 2.77. The summed E-state index contributed by atoms with van der Waals surface area (Å²) in [6, 6.07) is 1.78. The van der Waals surface area contributed by atoms with Crippen molar-refractivity contribution in [3.8, 4) is 0 Å². The van der Waals surface area contributed by atoms with E-state index in [9.17, 15) is 0 Å². The van der Waals surface area contributed by atoms with Gasteiger partial charge in [0.1, 0.15) is 18.2 Å². The van der Waals surface area contributed by atoms with Crippen LogP contribution in [0.4, 0.5) is 11.6 Å². The maximum Gasteiger partial charge on any atom is 0.158 e. The molecular weight excluding hydrogens is 208 g/mol. The summed E-state index contributed by atoms with van der Waals surface area (Å²) in [5.74, 6) is 1.99. The van der Waals surface area contributed by atoms with Crippen molar-refractivity contribution < 1.29 is 9.84 Å². The van der Waals surface area contributed by atoms with Crippen LogP contribution in [0.3, 0.4) is 0 Å². The number of aliphatic hydroxyl groups is 1. The molecule has 3 N–H and O–H groups in total. The fraction of sp³-hybridized carbons (Fsp3) is 0.600. The Labute approximate surface area is 95.1 Å². The van der Waals surface area contributed by atoms with E-state index in [1.165, 1.54) is 0 Å². The van der Waals surface area contributed by atoms with Crippen molar-refractivity contribution in [3.63, 3.8) is 0 Å². The minimum Gasteiger partial charge on any atom is -0.392 e. The fourth-order valence-corrected chi connectivity index (χ4v) is 1.16. The Kier molecular flexibility index (Phi) is 4.94. The van der Waals surface area contributed by atoms with Crippen molar-refractivity contribution in [2.75, 3.05) is 31.3 Å². The first kappa shape index (κ1) is 12.7. The van der Waals surface area contributed by atoms with E-state index in [0.717, 1.165) is 5.82 Å². The third kappa shape index (κ3) is 4.00. The van der Waals surface area contributed by atoms with E-state index < -0.39 is 6.10 Å². The molecule has 1 atom stereocenters. The van der Waals surface area contributed by atoms with E-state index in [1.807, 2.05) is 0 Å². The molecule has 0 saturated carbocycles. The number of rotatable bonds is 6. The van der Waals surface area contributed by atoms with E-state index in [0.29, 0.717) is 24.8 Å². The number of nitrogens with one attached hydrogen (secondary N) is 2. The van der Waals surface area contributed by atoms with Crippen LogP contribution in [-0.2, 0) is 11.3 Å². The van der Waals surface area contributed by atoms with Gasteiger partial charge in [0.15, 0.2) is 5.82 Å². The van der Waals surface area contributed by atoms with Gasteiger partial charge in [-0.2, -0.15) is 0 Å². The molecule has 16 heavy (non-hydrogen) atoms. The highest BCUT2D eigenvalue weighted by atomic mass is 16.5. The predicted molar refractivity (Wildman–Crippen MR) is 62.5 cm³/mol. The Hall–Kier alpha value is -1.40. The summed E-state index contributed by atoms with van der Waals surface area (Å²) in [4.78, 5) is 8.46. The monoisotopic (exact) mass is 226 g/mol. The lowest BCUT2D eigenvalue weighted by atomic mass is 10.4. The summed E-state index contributed by atoms with van der Waals surface area (Å²) in [5, 5.41) is 15.1. The van der Waals surface area contributed by atoms with Gasteiger partial charge in [-0.1, -0.05) is 0 Å². The molecule has 0 spiro atoms. The number of hydrogen-bond acceptors (Lipinski definition) is 6. The summed E-state index contributed by atoms with van der Waals surface area (Å²) >= 11 is 0. The maximum absolute atomic E-state index is 9.17. The molecule has 1 heterocycles. The Morgan fingerprint density at radius 1 is 1.44 bits per heavy atom. The normalized spacial score (nSPS) is 12.2. The summed E-state index contributed by atoms with van der Waals surface area (Å²) in [7, 11) is 3.38. The topological polar surface area (TPSA) is 79.3 Å². The number of aromatic nitrogens is 2. The van der Waals surface area contributed by atoms with Gasteiger partial charge in [0.2, 0.25) is 0 Å². The van der Waals surface area contributed by atoms with Crippen molar-refractivity contribution in [1.82, 2.24) is 9.97 Å². The lowest BCUT2D eigenvalue weighted by Gasteiger charge is -2.10. The largest absolute Gasteiger partial charge is 0.392 e. The number of anilines is 2. The van der Waals surface area contributed by atoms with Gasteiger partial charge in [-0.05, 0) is 6.92 Å². The zero-order valence-electron chi connectivity index (χ0n) is 9.82. The third-order valence-corrected chi connectivity index (χ3v) is 1.88. The zero-order valence-corrected chi connectivity index (χ0v) is 9.82. The first-order chi connectivity index (χ1) is 7.65. The van der Waals surface area contributed by atoms with Crippen LogP contribution >= 0.6 is 0 Å². The van der Waals surface area contributed by atoms with E-state index in [-0.39, 0.29) is 0 Å². The third-order valence-electron chi connectivity index (χ3n) is 1.88. The van der Waals surface area contributed by atoms with Gasteiger partial charge in [-0.3, -0.25) is 0 Å². The molecule has 1 aromatic heterocycles. The second kappa shape index (κ2) is 6.24. The zero-order chi connectivity index (χ0) is 12.0. The fourth-order valence-electron chi connectivity index (χ4n) is 1.16. The van der Waals surface area contributed by atoms with E-state index in [1.54, 1.807) is 27.1 Å². The average molecular weight is 226 g/mol. The first-order valence-corrected chi connectivity index (χ1v) is 5.12. The SMILES string of the molecule is CNc1cc(NCC(C)O)nc(COC)n1. The van der Waals surface area contributed by atoms with Gasteiger partial charge >= 0.3 is 0 Å². The quantitative estimate of drug-likeness (QED) is 0.654. The van der Waals surface area contributed by atoms with Crippen LogP contribution in [0.2, 0.25) is 0 Å². The van der Waals surface area contributed by atoms with Crippen molar-refractivity contribution in [2.24, 2.45) is 0 Å². The van der Waals surface area contributed by atoms with Crippen LogP contribution in [0.25, 0.3) is 0 Å². The smallest absolute Gasteiger partial charge is 0.158 e. The van der Waals surface area contributed by atoms with Crippen molar-refractivity contribution in [3.05, 3.63) is 11.9 Å². The number of nitrogens with zero attached hydrogens (tertiary/aromatic N) is 2. The molecule has 1 rings (SSSR count). The molecule has 0 saturated heterocycles. The summed E-state index contributed by atoms with van der Waals surface area (Å²) in [6.45, 7) is 2.52. The van der Waals surface area contributed by atoms with Gasteiger partial charge in [-0.25, -0.2) is 9.97 Å². The summed E-state index contributed by atoms with van der Waals surface area (Å²) in [5.41, 5.74) is 0. The Morgan fingerprint density at radius 3 is 2.69 bits per heavy atom. The van der Waals surface area contributed by atoms with E-state index in [4.69, 9.17) is 9.84 Å². The molecule has 0 aliphatic carbocycles. The van der Waals surface area contributed by atoms with Crippen LogP contribution in [0.15, 0.2) is 6.07 Å². The van der Waals surface area contributed by atoms with Gasteiger partial charge in [0, 0.05) is 26.8 Å². The van der Waals surface area contributed by atoms with Crippen LogP contribution in [0, 0.1) is 0 Å². The molecule has 1 aromatic rings. The minimum atomic E-state index is -0.418. The predicted octanol–water partition coefficient (Wildman–Crippen LogP) is 0.457. The highest BCUT2D eigenvalue weighted by molar-refractivity contribution is 5.47. The Morgan fingerprint density at radius 2 is 2.12 bits per heavy atom. The molecule has 6 nitrogen and oxygen atoms in total. The van der Waals surface area contributed by atoms with Crippen LogP contribution < -0.4 is 10.6 Å². The molecule has 1 unspecified atom stereocenters. The minimum absolute atomic E-state index is 0.360. The number of ether oxygens (including phenoxy) is 1. The van der Waals surface area contributed by atoms with E-state index in [2.05, 4.69) is 20.6 Å². The van der Waals surface area contributed by atoms with Crippen molar-refractivity contribution in [2.45, 2.75) is 19.6 Å². The van der Waals surface area contributed by atoms with Gasteiger partial charge < -0.3 is 20.5 Å². The molecule has 6 heteroatoms. The highest BCUT2D eigenvalue weighted by Gasteiger charge is 2.04. The molecule has 0 aromatic carbocycles. The van der Waals surface area contributed by atoms with Gasteiger partial charge in [-0.15, -0.1) is 0 Å². The molecule has 0 aliphatic heterocycles. The van der Waals surface area contributed by atoms with Crippen molar-refractivity contribution in [1.29, 1.82) is 0 Å². The van der Waals surface area contributed by atoms with Gasteiger partial charge in [0.25, 0.3) is 0 Å². The molecule has 0 bridgehead atoms. The standard InChI is InChI=1S/C10H18N4O2/c1-7(15)5-12-9-4-8(11-2)13-10(14-9)6-16-3/h4,7,15H,5-6H2,1-3H3,(H2,11,12,13,14). The highest BCUT2D eigenvalue weighted by Crippen LogP contribution is 2.11. The van der Waals surface area contributed by atoms with Crippen molar-refractivity contribution >= 4 is 11.6 Å². The second-order valence-corrected chi connectivity index (χ2v) is 3.47. The Bertz CT molecular complexity index is 331.